The van der Waals surface area contributed by atoms with Crippen molar-refractivity contribution in [3.05, 3.63) is 71.3 Å². The van der Waals surface area contributed by atoms with Gasteiger partial charge in [-0.25, -0.2) is 8.78 Å². The quantitative estimate of drug-likeness (QED) is 0.565. The average Bonchev–Trinajstić information content (AvgIpc) is 2.43. The predicted octanol–water partition coefficient (Wildman–Crippen LogP) is 4.24. The Kier molecular flexibility index (Phi) is 5.30. The largest absolute Gasteiger partial charge is 0.370 e. The Morgan fingerprint density at radius 1 is 1.00 bits per heavy atom. The van der Waals surface area contributed by atoms with E-state index in [9.17, 15) is 8.78 Å². The fourth-order valence-electron chi connectivity index (χ4n) is 2.03. The van der Waals surface area contributed by atoms with Crippen molar-refractivity contribution in [2.24, 2.45) is 0 Å². The van der Waals surface area contributed by atoms with Crippen LogP contribution in [0.15, 0.2) is 48.5 Å². The van der Waals surface area contributed by atoms with Gasteiger partial charge in [-0.3, -0.25) is 0 Å². The van der Waals surface area contributed by atoms with E-state index in [2.05, 4.69) is 0 Å². The molecule has 0 fully saturated rings. The van der Waals surface area contributed by atoms with Gasteiger partial charge in [-0.2, -0.15) is 0 Å². The van der Waals surface area contributed by atoms with Gasteiger partial charge in [-0.05, 0) is 35.4 Å². The topological polar surface area (TPSA) is 9.23 Å². The smallest absolute Gasteiger partial charge is 0.123 e. The van der Waals surface area contributed by atoms with Gasteiger partial charge in [0.25, 0.3) is 0 Å². The van der Waals surface area contributed by atoms with Crippen molar-refractivity contribution in [3.63, 3.8) is 0 Å². The molecule has 4 heteroatoms. The van der Waals surface area contributed by atoms with Gasteiger partial charge in [0.1, 0.15) is 25.0 Å². The molecule has 0 amide bonds. The maximum atomic E-state index is 13.4. The van der Waals surface area contributed by atoms with Gasteiger partial charge in [0, 0.05) is 6.61 Å². The Morgan fingerprint density at radius 2 is 1.55 bits per heavy atom. The number of hydrogen-bond donors (Lipinski definition) is 0. The van der Waals surface area contributed by atoms with Gasteiger partial charge >= 0.3 is 0 Å². The highest BCUT2D eigenvalue weighted by Crippen LogP contribution is 2.27. The van der Waals surface area contributed by atoms with Gasteiger partial charge in [0.05, 0.1) is 0 Å². The first-order valence-corrected chi connectivity index (χ1v) is 6.61. The number of halogens is 2. The van der Waals surface area contributed by atoms with Crippen molar-refractivity contribution in [3.8, 4) is 0 Å². The van der Waals surface area contributed by atoms with Crippen molar-refractivity contribution in [1.29, 1.82) is 0 Å². The summed E-state index contributed by atoms with van der Waals surface area (Å²) >= 11 is 0. The Labute approximate surface area is 118 Å². The van der Waals surface area contributed by atoms with E-state index in [0.29, 0.717) is 17.7 Å². The molecule has 0 aromatic heterocycles. The maximum absolute atomic E-state index is 13.4. The second-order valence-electron chi connectivity index (χ2n) is 4.56. The molecule has 0 N–H and O–H groups in total. The van der Waals surface area contributed by atoms with Crippen LogP contribution in [-0.4, -0.2) is 13.9 Å². The summed E-state index contributed by atoms with van der Waals surface area (Å²) in [6.07, 6.45) is 0.336. The van der Waals surface area contributed by atoms with Gasteiger partial charge < -0.3 is 4.74 Å². The van der Waals surface area contributed by atoms with Crippen LogP contribution < -0.4 is 0 Å². The molecule has 0 aliphatic carbocycles. The monoisotopic (exact) mass is 273 g/mol. The van der Waals surface area contributed by atoms with Crippen molar-refractivity contribution >= 4 is 7.28 Å². The highest BCUT2D eigenvalue weighted by Gasteiger charge is 2.15. The molecular formula is C16H16BF2O. The molecule has 0 spiro atoms. The minimum atomic E-state index is -0.457. The first-order chi connectivity index (χ1) is 9.70. The second-order valence-corrected chi connectivity index (χ2v) is 4.56. The van der Waals surface area contributed by atoms with E-state index >= 15 is 0 Å². The molecular weight excluding hydrogens is 257 g/mol. The number of ether oxygens (including phenoxy) is 1. The minimum absolute atomic E-state index is 0.324. The van der Waals surface area contributed by atoms with Crippen molar-refractivity contribution in [2.75, 3.05) is 6.61 Å². The van der Waals surface area contributed by atoms with E-state index in [1.807, 2.05) is 14.1 Å². The first-order valence-electron chi connectivity index (χ1n) is 6.61. The zero-order valence-corrected chi connectivity index (χ0v) is 11.4. The van der Waals surface area contributed by atoms with Crippen LogP contribution in [0.1, 0.15) is 17.2 Å². The Morgan fingerprint density at radius 3 is 2.00 bits per heavy atom. The molecule has 1 radical (unpaired) electrons. The van der Waals surface area contributed by atoms with Gasteiger partial charge in [0.2, 0.25) is 0 Å². The Hall–Kier alpha value is -1.68. The first kappa shape index (κ1) is 14.7. The number of rotatable bonds is 6. The summed E-state index contributed by atoms with van der Waals surface area (Å²) in [4.78, 5) is 0. The summed E-state index contributed by atoms with van der Waals surface area (Å²) in [5.74, 6) is -0.649. The second kappa shape index (κ2) is 7.20. The van der Waals surface area contributed by atoms with Gasteiger partial charge in [-0.1, -0.05) is 37.4 Å². The molecule has 0 aliphatic rings. The molecule has 0 bridgehead atoms. The SMILES string of the molecule is C[B]CCOC(c1cccc(F)c1)c1cccc(F)c1. The van der Waals surface area contributed by atoms with Crippen LogP contribution in [0.25, 0.3) is 0 Å². The number of benzene rings is 2. The Balaban J connectivity index is 2.29. The highest BCUT2D eigenvalue weighted by atomic mass is 19.1. The lowest BCUT2D eigenvalue weighted by molar-refractivity contribution is 0.0909. The van der Waals surface area contributed by atoms with Crippen LogP contribution in [0.2, 0.25) is 13.1 Å². The third kappa shape index (κ3) is 3.91. The van der Waals surface area contributed by atoms with Crippen molar-refractivity contribution in [1.82, 2.24) is 0 Å². The van der Waals surface area contributed by atoms with E-state index in [4.69, 9.17) is 4.74 Å². The lowest BCUT2D eigenvalue weighted by atomic mass is 9.79. The Bertz CT molecular complexity index is 514. The van der Waals surface area contributed by atoms with E-state index in [-0.39, 0.29) is 11.6 Å². The van der Waals surface area contributed by atoms with Crippen molar-refractivity contribution < 1.29 is 13.5 Å². The van der Waals surface area contributed by atoms with Gasteiger partial charge in [0.15, 0.2) is 0 Å². The van der Waals surface area contributed by atoms with Crippen LogP contribution in [-0.2, 0) is 4.74 Å². The predicted molar refractivity (Wildman–Crippen MR) is 77.0 cm³/mol. The molecule has 0 unspecified atom stereocenters. The third-order valence-electron chi connectivity index (χ3n) is 2.99. The third-order valence-corrected chi connectivity index (χ3v) is 2.99. The van der Waals surface area contributed by atoms with E-state index in [1.54, 1.807) is 24.3 Å². The van der Waals surface area contributed by atoms with E-state index < -0.39 is 6.10 Å². The van der Waals surface area contributed by atoms with Crippen LogP contribution in [0.5, 0.6) is 0 Å². The molecule has 1 nitrogen and oxygen atoms in total. The summed E-state index contributed by atoms with van der Waals surface area (Å²) in [5, 5.41) is 0. The lowest BCUT2D eigenvalue weighted by Gasteiger charge is -2.19. The molecule has 0 saturated carbocycles. The van der Waals surface area contributed by atoms with E-state index in [0.717, 1.165) is 6.32 Å². The molecule has 0 aliphatic heterocycles. The van der Waals surface area contributed by atoms with Crippen molar-refractivity contribution in [2.45, 2.75) is 19.2 Å². The molecule has 103 valence electrons. The van der Waals surface area contributed by atoms with Gasteiger partial charge in [-0.15, -0.1) is 0 Å². The molecule has 0 heterocycles. The molecule has 2 aromatic carbocycles. The normalized spacial score (nSPS) is 10.8. The molecule has 2 rings (SSSR count). The fraction of sp³-hybridized carbons (Fsp3) is 0.250. The minimum Gasteiger partial charge on any atom is -0.370 e. The highest BCUT2D eigenvalue weighted by molar-refractivity contribution is 6.33. The van der Waals surface area contributed by atoms with E-state index in [1.165, 1.54) is 24.3 Å². The number of hydrogen-bond acceptors (Lipinski definition) is 1. The fourth-order valence-corrected chi connectivity index (χ4v) is 2.03. The van der Waals surface area contributed by atoms with Crippen LogP contribution >= 0.6 is 0 Å². The summed E-state index contributed by atoms with van der Waals surface area (Å²) in [6.45, 7) is 2.46. The lowest BCUT2D eigenvalue weighted by Crippen LogP contribution is -2.09. The van der Waals surface area contributed by atoms with Crippen LogP contribution in [0.3, 0.4) is 0 Å². The average molecular weight is 273 g/mol. The molecule has 2 aromatic rings. The zero-order valence-electron chi connectivity index (χ0n) is 11.4. The standard InChI is InChI=1S/C16H16BF2O/c1-17-8-9-20-16(12-4-2-6-14(18)10-12)13-5-3-7-15(19)11-13/h2-7,10-11,16H,8-9H2,1H3. The summed E-state index contributed by atoms with van der Waals surface area (Å²) in [6, 6.07) is 12.4. The summed E-state index contributed by atoms with van der Waals surface area (Å²) in [7, 11) is 1.99. The summed E-state index contributed by atoms with van der Waals surface area (Å²) < 4.78 is 32.6. The molecule has 20 heavy (non-hydrogen) atoms. The van der Waals surface area contributed by atoms with Crippen LogP contribution in [0.4, 0.5) is 8.78 Å². The molecule has 0 atom stereocenters. The molecule has 0 saturated heterocycles. The van der Waals surface area contributed by atoms with Crippen LogP contribution in [0, 0.1) is 11.6 Å². The maximum Gasteiger partial charge on any atom is 0.123 e. The summed E-state index contributed by atoms with van der Waals surface area (Å²) in [5.41, 5.74) is 1.37. The zero-order chi connectivity index (χ0) is 14.4.